The molecule has 0 aliphatic carbocycles. The fraction of sp³-hybridized carbons (Fsp3) is 0.688. The Morgan fingerprint density at radius 2 is 1.79 bits per heavy atom. The number of nitrogens with one attached hydrogen (secondary N) is 1. The molecule has 1 amide bonds. The molecule has 2 rings (SSSR count). The molecule has 22 heteroatoms. The van der Waals surface area contributed by atoms with Crippen molar-refractivity contribution in [3.05, 3.63) is 22.2 Å². The van der Waals surface area contributed by atoms with Crippen LogP contribution in [-0.2, 0) is 31.6 Å². The van der Waals surface area contributed by atoms with Crippen LogP contribution in [0.5, 0.6) is 0 Å². The van der Waals surface area contributed by atoms with Gasteiger partial charge in [0, 0.05) is 19.2 Å². The topological polar surface area (TPSA) is 305 Å². The van der Waals surface area contributed by atoms with Crippen molar-refractivity contribution in [1.29, 1.82) is 0 Å². The Hall–Kier alpha value is -1.56. The molecule has 0 radical (unpaired) electrons. The number of aliphatic hydroxyl groups excluding tert-OH is 1. The van der Waals surface area contributed by atoms with E-state index in [1.165, 1.54) is 0 Å². The SMILES string of the molecule is NCCCCCCNC(=O)c1cn([C@H]2C[C@H](O)[C@@H](COP(=O)(O)OP(=O)(O)OP(=O)(O)O)O2)c(=O)nc1N. The van der Waals surface area contributed by atoms with Gasteiger partial charge in [-0.25, -0.2) is 18.5 Å². The van der Waals surface area contributed by atoms with E-state index < -0.39 is 60.1 Å². The van der Waals surface area contributed by atoms with Gasteiger partial charge in [0.05, 0.1) is 18.3 Å². The van der Waals surface area contributed by atoms with Crippen molar-refractivity contribution in [2.75, 3.05) is 25.4 Å². The number of aliphatic hydroxyl groups is 1. The monoisotopic (exact) mass is 609 g/mol. The second kappa shape index (κ2) is 13.7. The molecule has 19 nitrogen and oxygen atoms in total. The lowest BCUT2D eigenvalue weighted by molar-refractivity contribution is -0.0449. The Labute approximate surface area is 215 Å². The number of rotatable bonds is 15. The van der Waals surface area contributed by atoms with Gasteiger partial charge in [-0.05, 0) is 19.4 Å². The molecule has 2 unspecified atom stereocenters. The second-order valence-electron chi connectivity index (χ2n) is 8.01. The van der Waals surface area contributed by atoms with Crippen molar-refractivity contribution in [3.8, 4) is 0 Å². The van der Waals surface area contributed by atoms with Crippen LogP contribution < -0.4 is 22.5 Å². The van der Waals surface area contributed by atoms with Gasteiger partial charge in [0.1, 0.15) is 18.1 Å². The largest absolute Gasteiger partial charge is 0.490 e. The van der Waals surface area contributed by atoms with Crippen LogP contribution in [0.1, 0.15) is 48.7 Å². The Morgan fingerprint density at radius 1 is 1.13 bits per heavy atom. The van der Waals surface area contributed by atoms with Gasteiger partial charge >= 0.3 is 29.2 Å². The van der Waals surface area contributed by atoms with Crippen LogP contribution in [0.15, 0.2) is 11.0 Å². The van der Waals surface area contributed by atoms with Gasteiger partial charge in [0.15, 0.2) is 0 Å². The molecular formula is C16H30N5O14P3. The average molecular weight is 609 g/mol. The summed E-state index contributed by atoms with van der Waals surface area (Å²) in [7, 11) is -16.8. The highest BCUT2D eigenvalue weighted by molar-refractivity contribution is 7.66. The van der Waals surface area contributed by atoms with Crippen molar-refractivity contribution >= 4 is 35.2 Å². The first-order valence-electron chi connectivity index (χ1n) is 11.0. The summed E-state index contributed by atoms with van der Waals surface area (Å²) in [5.74, 6) is -0.944. The van der Waals surface area contributed by atoms with Gasteiger partial charge in [0.25, 0.3) is 5.91 Å². The Morgan fingerprint density at radius 3 is 2.42 bits per heavy atom. The van der Waals surface area contributed by atoms with Gasteiger partial charge in [-0.2, -0.15) is 13.6 Å². The predicted octanol–water partition coefficient (Wildman–Crippen LogP) is -0.934. The number of nitrogens with two attached hydrogens (primary N) is 2. The second-order valence-corrected chi connectivity index (χ2v) is 12.4. The summed E-state index contributed by atoms with van der Waals surface area (Å²) in [6.45, 7) is -0.0213. The Bertz CT molecular complexity index is 1170. The number of phosphoric acid groups is 3. The first-order valence-corrected chi connectivity index (χ1v) is 15.5. The van der Waals surface area contributed by atoms with Crippen molar-refractivity contribution in [2.24, 2.45) is 5.73 Å². The van der Waals surface area contributed by atoms with E-state index in [1.54, 1.807) is 0 Å². The number of hydrogen-bond donors (Lipinski definition) is 8. The summed E-state index contributed by atoms with van der Waals surface area (Å²) in [5.41, 5.74) is 10.1. The third kappa shape index (κ3) is 10.5. The normalized spacial score (nSPS) is 23.1. The number of ether oxygens (including phenoxy) is 1. The zero-order valence-electron chi connectivity index (χ0n) is 19.8. The molecule has 10 N–H and O–H groups in total. The first kappa shape index (κ1) is 32.7. The van der Waals surface area contributed by atoms with Crippen LogP contribution in [0.2, 0.25) is 0 Å². The van der Waals surface area contributed by atoms with E-state index in [4.69, 9.17) is 26.0 Å². The summed E-state index contributed by atoms with van der Waals surface area (Å²) in [5, 5.41) is 12.9. The fourth-order valence-corrected chi connectivity index (χ4v) is 6.32. The fourth-order valence-electron chi connectivity index (χ4n) is 3.29. The molecule has 1 fully saturated rings. The maximum absolute atomic E-state index is 12.5. The van der Waals surface area contributed by atoms with E-state index in [1.807, 2.05) is 0 Å². The molecule has 0 aromatic carbocycles. The minimum atomic E-state index is -5.73. The minimum Gasteiger partial charge on any atom is -0.390 e. The van der Waals surface area contributed by atoms with E-state index in [9.17, 15) is 38.2 Å². The molecule has 1 aliphatic rings. The van der Waals surface area contributed by atoms with Gasteiger partial charge in [-0.15, -0.1) is 0 Å². The molecule has 1 aliphatic heterocycles. The molecule has 0 bridgehead atoms. The van der Waals surface area contributed by atoms with E-state index in [0.29, 0.717) is 19.5 Å². The Kier molecular flexibility index (Phi) is 11.8. The van der Waals surface area contributed by atoms with Gasteiger partial charge < -0.3 is 46.2 Å². The number of aromatic nitrogens is 2. The smallest absolute Gasteiger partial charge is 0.390 e. The van der Waals surface area contributed by atoms with Crippen LogP contribution in [0, 0.1) is 0 Å². The average Bonchev–Trinajstić information content (AvgIpc) is 3.12. The first-order chi connectivity index (χ1) is 17.5. The van der Waals surface area contributed by atoms with E-state index >= 15 is 0 Å². The molecule has 5 atom stereocenters. The zero-order valence-corrected chi connectivity index (χ0v) is 22.5. The van der Waals surface area contributed by atoms with Crippen molar-refractivity contribution < 1.29 is 61.1 Å². The number of phosphoric ester groups is 1. The number of unbranched alkanes of at least 4 members (excludes halogenated alkanes) is 3. The highest BCUT2D eigenvalue weighted by atomic mass is 31.3. The number of anilines is 1. The van der Waals surface area contributed by atoms with Crippen LogP contribution >= 0.6 is 23.5 Å². The lowest BCUT2D eigenvalue weighted by atomic mass is 10.2. The highest BCUT2D eigenvalue weighted by Gasteiger charge is 2.43. The number of nitrogens with zero attached hydrogens (tertiary/aromatic N) is 2. The quantitative estimate of drug-likeness (QED) is 0.0879. The van der Waals surface area contributed by atoms with Crippen LogP contribution in [0.25, 0.3) is 0 Å². The Balaban J connectivity index is 2.02. The van der Waals surface area contributed by atoms with Crippen LogP contribution in [0.4, 0.5) is 5.82 Å². The lowest BCUT2D eigenvalue weighted by Crippen LogP contribution is -2.33. The molecule has 1 aromatic heterocycles. The molecule has 0 spiro atoms. The molecule has 2 heterocycles. The van der Waals surface area contributed by atoms with Crippen molar-refractivity contribution in [3.63, 3.8) is 0 Å². The summed E-state index contributed by atoms with van der Waals surface area (Å²) in [6.07, 6.45) is 0.116. The van der Waals surface area contributed by atoms with Crippen molar-refractivity contribution in [2.45, 2.75) is 50.5 Å². The maximum atomic E-state index is 12.5. The van der Waals surface area contributed by atoms with E-state index in [0.717, 1.165) is 30.0 Å². The van der Waals surface area contributed by atoms with E-state index in [-0.39, 0.29) is 17.8 Å². The van der Waals surface area contributed by atoms with Crippen LogP contribution in [0.3, 0.4) is 0 Å². The maximum Gasteiger partial charge on any atom is 0.490 e. The van der Waals surface area contributed by atoms with Gasteiger partial charge in [-0.1, -0.05) is 12.8 Å². The summed E-state index contributed by atoms with van der Waals surface area (Å²) in [6, 6.07) is 0. The number of nitrogen functional groups attached to an aromatic ring is 1. The molecule has 0 saturated carbocycles. The molecule has 218 valence electrons. The molecule has 1 aromatic rings. The summed E-state index contributed by atoms with van der Waals surface area (Å²) in [4.78, 5) is 64.3. The lowest BCUT2D eigenvalue weighted by Gasteiger charge is -2.19. The number of carbonyl (C=O) groups excluding carboxylic acids is 1. The number of carbonyl (C=O) groups is 1. The molecular weight excluding hydrogens is 579 g/mol. The van der Waals surface area contributed by atoms with E-state index in [2.05, 4.69) is 23.4 Å². The molecule has 38 heavy (non-hydrogen) atoms. The number of hydrogen-bond acceptors (Lipinski definition) is 13. The number of amides is 1. The third-order valence-corrected chi connectivity index (χ3v) is 8.78. The molecule has 1 saturated heterocycles. The summed E-state index contributed by atoms with van der Waals surface area (Å²) < 4.78 is 51.9. The summed E-state index contributed by atoms with van der Waals surface area (Å²) >= 11 is 0. The zero-order chi connectivity index (χ0) is 28.7. The third-order valence-electron chi connectivity index (χ3n) is 4.97. The minimum absolute atomic E-state index is 0.138. The highest BCUT2D eigenvalue weighted by Crippen LogP contribution is 2.66. The van der Waals surface area contributed by atoms with Gasteiger partial charge in [-0.3, -0.25) is 13.9 Å². The van der Waals surface area contributed by atoms with Gasteiger partial charge in [0.2, 0.25) is 0 Å². The van der Waals surface area contributed by atoms with Crippen LogP contribution in [-0.4, -0.2) is 72.0 Å². The predicted molar refractivity (Wildman–Crippen MR) is 127 cm³/mol. The standard InChI is InChI=1S/C16H30N5O14P3/c17-5-3-1-2-4-6-19-15(23)10-8-21(16(24)20-14(10)18)13-7-11(22)12(33-13)9-32-37(28,29)35-38(30,31)34-36(25,26)27/h8,11-13,22H,1-7,9,17H2,(H,19,23)(H,28,29)(H,30,31)(H2,18,20,24)(H2,25,26,27)/t11-,12+,13+/m0/s1. The van der Waals surface area contributed by atoms with Crippen molar-refractivity contribution in [1.82, 2.24) is 14.9 Å².